The Bertz CT molecular complexity index is 1410. The van der Waals surface area contributed by atoms with Gasteiger partial charge in [0.15, 0.2) is 0 Å². The highest BCUT2D eigenvalue weighted by Crippen LogP contribution is 2.31. The Kier molecular flexibility index (Phi) is 6.28. The summed E-state index contributed by atoms with van der Waals surface area (Å²) in [6, 6.07) is 13.3. The molecule has 1 aromatic carbocycles. The van der Waals surface area contributed by atoms with Crippen LogP contribution in [0.25, 0.3) is 33.4 Å². The number of morpholine rings is 1. The first-order valence-electron chi connectivity index (χ1n) is 11.2. The Balaban J connectivity index is 1.63. The summed E-state index contributed by atoms with van der Waals surface area (Å²) in [5.41, 5.74) is 4.17. The van der Waals surface area contributed by atoms with E-state index in [1.54, 1.807) is 23.9 Å². The van der Waals surface area contributed by atoms with Gasteiger partial charge in [-0.05, 0) is 31.2 Å². The second-order valence-corrected chi connectivity index (χ2v) is 8.66. The van der Waals surface area contributed by atoms with Gasteiger partial charge in [0.25, 0.3) is 5.56 Å². The standard InChI is InChI=1S/C25H25ClN6O2/c1-15-4-3-5-22(30-15)16-6-7-19(21(26)11-16)20-10-17-12-29-25(27-2)31-23(17)32(24(20)33)14-18-13-28-8-9-34-18/h3-7,10-12,18,28H,8-9,13-14H2,1-2H3,(H,27,29,31)/t18-/m0/s1. The monoisotopic (exact) mass is 476 g/mol. The third kappa shape index (κ3) is 4.40. The van der Waals surface area contributed by atoms with Crippen LogP contribution in [0.4, 0.5) is 5.95 Å². The lowest BCUT2D eigenvalue weighted by Crippen LogP contribution is -2.42. The van der Waals surface area contributed by atoms with Crippen molar-refractivity contribution in [1.29, 1.82) is 0 Å². The summed E-state index contributed by atoms with van der Waals surface area (Å²) in [7, 11) is 1.75. The van der Waals surface area contributed by atoms with Crippen molar-refractivity contribution in [2.75, 3.05) is 32.1 Å². The lowest BCUT2D eigenvalue weighted by Gasteiger charge is -2.25. The van der Waals surface area contributed by atoms with E-state index in [0.717, 1.165) is 28.9 Å². The first kappa shape index (κ1) is 22.5. The van der Waals surface area contributed by atoms with Gasteiger partial charge in [0.05, 0.1) is 24.9 Å². The molecule has 0 aliphatic carbocycles. The van der Waals surface area contributed by atoms with Crippen molar-refractivity contribution in [2.45, 2.75) is 19.6 Å². The number of benzene rings is 1. The maximum Gasteiger partial charge on any atom is 0.260 e. The SMILES string of the molecule is CNc1ncc2cc(-c3ccc(-c4cccc(C)n4)cc3Cl)c(=O)n(C[C@@H]3CNCCO3)c2n1. The van der Waals surface area contributed by atoms with Crippen LogP contribution in [0.5, 0.6) is 0 Å². The van der Waals surface area contributed by atoms with Crippen molar-refractivity contribution in [1.82, 2.24) is 24.8 Å². The fraction of sp³-hybridized carbons (Fsp3) is 0.280. The molecule has 1 aliphatic rings. The molecule has 0 unspecified atom stereocenters. The molecule has 4 heterocycles. The number of fused-ring (bicyclic) bond motifs is 1. The molecule has 9 heteroatoms. The van der Waals surface area contributed by atoms with Crippen molar-refractivity contribution < 1.29 is 4.74 Å². The van der Waals surface area contributed by atoms with Gasteiger partial charge in [-0.2, -0.15) is 4.98 Å². The molecule has 4 aromatic rings. The van der Waals surface area contributed by atoms with Crippen molar-refractivity contribution in [2.24, 2.45) is 0 Å². The Morgan fingerprint density at radius 3 is 2.82 bits per heavy atom. The van der Waals surface area contributed by atoms with E-state index in [9.17, 15) is 4.79 Å². The second-order valence-electron chi connectivity index (χ2n) is 8.25. The molecule has 1 saturated heterocycles. The summed E-state index contributed by atoms with van der Waals surface area (Å²) < 4.78 is 7.54. The molecule has 34 heavy (non-hydrogen) atoms. The highest BCUT2D eigenvalue weighted by Gasteiger charge is 2.20. The molecular weight excluding hydrogens is 452 g/mol. The highest BCUT2D eigenvalue weighted by atomic mass is 35.5. The molecule has 0 amide bonds. The Morgan fingerprint density at radius 1 is 1.21 bits per heavy atom. The molecule has 0 saturated carbocycles. The van der Waals surface area contributed by atoms with Crippen molar-refractivity contribution in [3.05, 3.63) is 69.7 Å². The zero-order valence-corrected chi connectivity index (χ0v) is 19.8. The van der Waals surface area contributed by atoms with Gasteiger partial charge < -0.3 is 15.4 Å². The molecule has 2 N–H and O–H groups in total. The molecule has 8 nitrogen and oxygen atoms in total. The van der Waals surface area contributed by atoms with Gasteiger partial charge in [-0.1, -0.05) is 29.8 Å². The van der Waals surface area contributed by atoms with Crippen molar-refractivity contribution in [3.8, 4) is 22.4 Å². The third-order valence-electron chi connectivity index (χ3n) is 5.88. The number of rotatable bonds is 5. The molecule has 1 aliphatic heterocycles. The van der Waals surface area contributed by atoms with Crippen LogP contribution in [0.1, 0.15) is 5.69 Å². The van der Waals surface area contributed by atoms with E-state index in [-0.39, 0.29) is 11.7 Å². The molecule has 1 fully saturated rings. The summed E-state index contributed by atoms with van der Waals surface area (Å²) in [5.74, 6) is 0.448. The van der Waals surface area contributed by atoms with Crippen molar-refractivity contribution >= 4 is 28.6 Å². The molecular formula is C25H25ClN6O2. The molecule has 0 radical (unpaired) electrons. The maximum absolute atomic E-state index is 13.7. The fourth-order valence-corrected chi connectivity index (χ4v) is 4.46. The van der Waals surface area contributed by atoms with Gasteiger partial charge in [0.2, 0.25) is 5.95 Å². The van der Waals surface area contributed by atoms with E-state index >= 15 is 0 Å². The van der Waals surface area contributed by atoms with Gasteiger partial charge in [-0.15, -0.1) is 0 Å². The summed E-state index contributed by atoms with van der Waals surface area (Å²) in [4.78, 5) is 27.2. The van der Waals surface area contributed by atoms with Crippen LogP contribution >= 0.6 is 11.6 Å². The second kappa shape index (κ2) is 9.50. The number of nitrogens with zero attached hydrogens (tertiary/aromatic N) is 4. The number of halogens is 1. The largest absolute Gasteiger partial charge is 0.374 e. The van der Waals surface area contributed by atoms with Crippen LogP contribution in [-0.2, 0) is 11.3 Å². The molecule has 174 valence electrons. The van der Waals surface area contributed by atoms with Crippen LogP contribution in [0.15, 0.2) is 53.5 Å². The third-order valence-corrected chi connectivity index (χ3v) is 6.20. The zero-order valence-electron chi connectivity index (χ0n) is 19.0. The number of hydrogen-bond acceptors (Lipinski definition) is 7. The minimum Gasteiger partial charge on any atom is -0.374 e. The van der Waals surface area contributed by atoms with E-state index in [4.69, 9.17) is 16.3 Å². The average molecular weight is 477 g/mol. The number of aryl methyl sites for hydroxylation is 1. The van der Waals surface area contributed by atoms with Crippen LogP contribution in [0.2, 0.25) is 5.02 Å². The maximum atomic E-state index is 13.7. The Hall–Kier alpha value is -3.33. The number of aromatic nitrogens is 4. The van der Waals surface area contributed by atoms with Crippen LogP contribution in [0.3, 0.4) is 0 Å². The van der Waals surface area contributed by atoms with Gasteiger partial charge in [0.1, 0.15) is 5.65 Å². The minimum atomic E-state index is -0.175. The smallest absolute Gasteiger partial charge is 0.260 e. The van der Waals surface area contributed by atoms with Crippen LogP contribution < -0.4 is 16.2 Å². The normalized spacial score (nSPS) is 16.0. The summed E-state index contributed by atoms with van der Waals surface area (Å²) in [6.07, 6.45) is 1.58. The molecule has 1 atom stereocenters. The van der Waals surface area contributed by atoms with Gasteiger partial charge >= 0.3 is 0 Å². The topological polar surface area (TPSA) is 94.0 Å². The van der Waals surface area contributed by atoms with Crippen LogP contribution in [0, 0.1) is 6.92 Å². The molecule has 3 aromatic heterocycles. The molecule has 0 spiro atoms. The number of ether oxygens (including phenoxy) is 1. The zero-order chi connectivity index (χ0) is 23.7. The number of hydrogen-bond donors (Lipinski definition) is 2. The van der Waals surface area contributed by atoms with E-state index in [1.807, 2.05) is 43.3 Å². The van der Waals surface area contributed by atoms with E-state index < -0.39 is 0 Å². The molecule has 0 bridgehead atoms. The minimum absolute atomic E-state index is 0.136. The lowest BCUT2D eigenvalue weighted by atomic mass is 10.0. The van der Waals surface area contributed by atoms with E-state index in [1.165, 1.54) is 0 Å². The van der Waals surface area contributed by atoms with Gasteiger partial charge in [-0.3, -0.25) is 14.3 Å². The Labute approximate surface area is 202 Å². The van der Waals surface area contributed by atoms with Gasteiger partial charge in [-0.25, -0.2) is 4.98 Å². The predicted octanol–water partition coefficient (Wildman–Crippen LogP) is 3.51. The number of nitrogens with one attached hydrogen (secondary N) is 2. The average Bonchev–Trinajstić information content (AvgIpc) is 2.86. The van der Waals surface area contributed by atoms with E-state index in [0.29, 0.717) is 47.4 Å². The van der Waals surface area contributed by atoms with Crippen molar-refractivity contribution in [3.63, 3.8) is 0 Å². The lowest BCUT2D eigenvalue weighted by molar-refractivity contribution is 0.0183. The summed E-state index contributed by atoms with van der Waals surface area (Å²) in [5, 5.41) is 7.48. The fourth-order valence-electron chi connectivity index (χ4n) is 4.18. The van der Waals surface area contributed by atoms with E-state index in [2.05, 4.69) is 25.6 Å². The summed E-state index contributed by atoms with van der Waals surface area (Å²) in [6.45, 7) is 4.40. The predicted molar refractivity (Wildman–Crippen MR) is 134 cm³/mol. The first-order valence-corrected chi connectivity index (χ1v) is 11.6. The number of pyridine rings is 2. The quantitative estimate of drug-likeness (QED) is 0.455. The van der Waals surface area contributed by atoms with Gasteiger partial charge in [0, 0.05) is 59.1 Å². The number of anilines is 1. The highest BCUT2D eigenvalue weighted by molar-refractivity contribution is 6.33. The summed E-state index contributed by atoms with van der Waals surface area (Å²) >= 11 is 6.72. The first-order chi connectivity index (χ1) is 16.5. The van der Waals surface area contributed by atoms with Crippen LogP contribution in [-0.4, -0.2) is 52.4 Å². The molecule has 5 rings (SSSR count). The Morgan fingerprint density at radius 2 is 2.09 bits per heavy atom.